The zero-order chi connectivity index (χ0) is 11.5. The molecule has 0 spiro atoms. The molecule has 5 heteroatoms. The van der Waals surface area contributed by atoms with Crippen molar-refractivity contribution in [2.24, 2.45) is 11.7 Å². The van der Waals surface area contributed by atoms with Crippen molar-refractivity contribution in [2.75, 3.05) is 11.9 Å². The van der Waals surface area contributed by atoms with Crippen molar-refractivity contribution in [3.8, 4) is 0 Å². The van der Waals surface area contributed by atoms with Crippen LogP contribution in [-0.4, -0.2) is 22.1 Å². The quantitative estimate of drug-likeness (QED) is 0.678. The van der Waals surface area contributed by atoms with Gasteiger partial charge in [0, 0.05) is 12.6 Å². The predicted molar refractivity (Wildman–Crippen MR) is 60.8 cm³/mol. The summed E-state index contributed by atoms with van der Waals surface area (Å²) in [5.74, 6) is 0.906. The maximum absolute atomic E-state index is 11.1. The van der Waals surface area contributed by atoms with Crippen molar-refractivity contribution in [1.82, 2.24) is 9.97 Å². The number of anilines is 1. The monoisotopic (exact) mass is 210 g/mol. The fourth-order valence-corrected chi connectivity index (χ4v) is 1.16. The van der Waals surface area contributed by atoms with Crippen LogP contribution < -0.4 is 16.6 Å². The van der Waals surface area contributed by atoms with E-state index in [4.69, 9.17) is 5.73 Å². The Bertz CT molecular complexity index is 374. The molecule has 0 radical (unpaired) electrons. The third-order valence-electron chi connectivity index (χ3n) is 2.79. The van der Waals surface area contributed by atoms with Crippen molar-refractivity contribution in [1.29, 1.82) is 0 Å². The number of nitrogens with two attached hydrogens (primary N) is 1. The second kappa shape index (κ2) is 4.44. The molecule has 0 aliphatic rings. The molecule has 0 saturated heterocycles. The molecule has 0 aliphatic carbocycles. The van der Waals surface area contributed by atoms with E-state index in [1.807, 2.05) is 6.92 Å². The number of aromatic amines is 1. The zero-order valence-corrected chi connectivity index (χ0v) is 9.37. The maximum atomic E-state index is 11.1. The summed E-state index contributed by atoms with van der Waals surface area (Å²) < 4.78 is 0. The van der Waals surface area contributed by atoms with Gasteiger partial charge in [0.1, 0.15) is 5.82 Å². The molecule has 4 N–H and O–H groups in total. The average Bonchev–Trinajstić information content (AvgIpc) is 2.17. The molecule has 1 rings (SSSR count). The topological polar surface area (TPSA) is 83.8 Å². The van der Waals surface area contributed by atoms with Gasteiger partial charge in [-0.05, 0) is 12.8 Å². The van der Waals surface area contributed by atoms with E-state index >= 15 is 0 Å². The lowest BCUT2D eigenvalue weighted by molar-refractivity contribution is 0.381. The summed E-state index contributed by atoms with van der Waals surface area (Å²) in [5, 5.41) is 3.19. The molecule has 1 aromatic rings. The number of hydrogen-bond donors (Lipinski definition) is 3. The van der Waals surface area contributed by atoms with Crippen LogP contribution in [0.25, 0.3) is 0 Å². The zero-order valence-electron chi connectivity index (χ0n) is 9.37. The van der Waals surface area contributed by atoms with Gasteiger partial charge >= 0.3 is 0 Å². The molecule has 0 amide bonds. The first-order valence-electron chi connectivity index (χ1n) is 5.01. The molecule has 1 atom stereocenters. The highest BCUT2D eigenvalue weighted by Gasteiger charge is 2.26. The van der Waals surface area contributed by atoms with Crippen LogP contribution in [0.5, 0.6) is 0 Å². The molecule has 0 saturated carbocycles. The van der Waals surface area contributed by atoms with E-state index < -0.39 is 0 Å². The Balaban J connectivity index is 2.89. The van der Waals surface area contributed by atoms with Crippen molar-refractivity contribution >= 4 is 5.82 Å². The van der Waals surface area contributed by atoms with Gasteiger partial charge in [0.25, 0.3) is 5.56 Å². The lowest BCUT2D eigenvalue weighted by Gasteiger charge is -2.33. The third kappa shape index (κ3) is 2.79. The van der Waals surface area contributed by atoms with Crippen molar-refractivity contribution in [3.05, 3.63) is 22.7 Å². The smallest absolute Gasteiger partial charge is 0.252 e. The molecule has 1 heterocycles. The Kier molecular flexibility index (Phi) is 3.47. The van der Waals surface area contributed by atoms with Gasteiger partial charge in [0.2, 0.25) is 0 Å². The van der Waals surface area contributed by atoms with E-state index in [1.165, 1.54) is 12.4 Å². The molecule has 0 aliphatic heterocycles. The van der Waals surface area contributed by atoms with Gasteiger partial charge in [-0.15, -0.1) is 0 Å². The summed E-state index contributed by atoms with van der Waals surface area (Å²) in [6.45, 7) is 6.65. The van der Waals surface area contributed by atoms with Crippen LogP contribution in [0.4, 0.5) is 5.82 Å². The van der Waals surface area contributed by atoms with Gasteiger partial charge in [-0.1, -0.05) is 13.8 Å². The van der Waals surface area contributed by atoms with E-state index in [-0.39, 0.29) is 11.1 Å². The van der Waals surface area contributed by atoms with E-state index in [2.05, 4.69) is 29.1 Å². The van der Waals surface area contributed by atoms with E-state index in [9.17, 15) is 4.79 Å². The Morgan fingerprint density at radius 2 is 2.33 bits per heavy atom. The predicted octanol–water partition coefficient (Wildman–Crippen LogP) is 0.555. The van der Waals surface area contributed by atoms with Gasteiger partial charge in [0.15, 0.2) is 0 Å². The molecular weight excluding hydrogens is 192 g/mol. The first-order chi connectivity index (χ1) is 6.98. The van der Waals surface area contributed by atoms with E-state index in [0.717, 1.165) is 0 Å². The van der Waals surface area contributed by atoms with Crippen LogP contribution >= 0.6 is 0 Å². The van der Waals surface area contributed by atoms with Crippen molar-refractivity contribution < 1.29 is 0 Å². The average molecular weight is 210 g/mol. The van der Waals surface area contributed by atoms with Gasteiger partial charge in [-0.25, -0.2) is 4.98 Å². The maximum Gasteiger partial charge on any atom is 0.252 e. The first-order valence-corrected chi connectivity index (χ1v) is 5.01. The lowest BCUT2D eigenvalue weighted by Crippen LogP contribution is -2.47. The summed E-state index contributed by atoms with van der Waals surface area (Å²) >= 11 is 0. The van der Waals surface area contributed by atoms with Crippen LogP contribution in [-0.2, 0) is 0 Å². The van der Waals surface area contributed by atoms with Crippen LogP contribution in [0.2, 0.25) is 0 Å². The fourth-order valence-electron chi connectivity index (χ4n) is 1.16. The van der Waals surface area contributed by atoms with Gasteiger partial charge in [-0.3, -0.25) is 4.79 Å². The molecule has 0 bridgehead atoms. The van der Waals surface area contributed by atoms with Gasteiger partial charge in [-0.2, -0.15) is 0 Å². The highest BCUT2D eigenvalue weighted by atomic mass is 16.1. The third-order valence-corrected chi connectivity index (χ3v) is 2.79. The fraction of sp³-hybridized carbons (Fsp3) is 0.600. The molecule has 0 aromatic carbocycles. The SMILES string of the molecule is CC(C)C(C)(CN)Nc1cc(=O)[nH]cn1. The van der Waals surface area contributed by atoms with E-state index in [1.54, 1.807) is 0 Å². The number of nitrogens with zero attached hydrogens (tertiary/aromatic N) is 1. The van der Waals surface area contributed by atoms with E-state index in [0.29, 0.717) is 18.3 Å². The second-order valence-corrected chi connectivity index (χ2v) is 4.20. The minimum Gasteiger partial charge on any atom is -0.363 e. The summed E-state index contributed by atoms with van der Waals surface area (Å²) in [5.41, 5.74) is 5.30. The van der Waals surface area contributed by atoms with Gasteiger partial charge < -0.3 is 16.0 Å². The molecule has 84 valence electrons. The minimum absolute atomic E-state index is 0.171. The van der Waals surface area contributed by atoms with Crippen LogP contribution in [0.3, 0.4) is 0 Å². The number of aromatic nitrogens is 2. The van der Waals surface area contributed by atoms with Crippen LogP contribution in [0, 0.1) is 5.92 Å². The summed E-state index contributed by atoms with van der Waals surface area (Å²) in [6.07, 6.45) is 1.38. The summed E-state index contributed by atoms with van der Waals surface area (Å²) in [6, 6.07) is 1.43. The Morgan fingerprint density at radius 3 is 2.80 bits per heavy atom. The van der Waals surface area contributed by atoms with Crippen LogP contribution in [0.15, 0.2) is 17.2 Å². The Morgan fingerprint density at radius 1 is 1.67 bits per heavy atom. The van der Waals surface area contributed by atoms with Gasteiger partial charge in [0.05, 0.1) is 11.9 Å². The first kappa shape index (κ1) is 11.7. The number of rotatable bonds is 4. The van der Waals surface area contributed by atoms with Crippen LogP contribution in [0.1, 0.15) is 20.8 Å². The molecule has 1 aromatic heterocycles. The number of hydrogen-bond acceptors (Lipinski definition) is 4. The largest absolute Gasteiger partial charge is 0.363 e. The highest BCUT2D eigenvalue weighted by molar-refractivity contribution is 5.35. The Hall–Kier alpha value is -1.36. The number of nitrogens with one attached hydrogen (secondary N) is 2. The summed E-state index contributed by atoms with van der Waals surface area (Å²) in [7, 11) is 0. The standard InChI is InChI=1S/C10H18N4O/c1-7(2)10(3,5-11)14-8-4-9(15)13-6-12-8/h4,6-7H,5,11H2,1-3H3,(H2,12,13,14,15). The second-order valence-electron chi connectivity index (χ2n) is 4.20. The number of H-pyrrole nitrogens is 1. The Labute approximate surface area is 89.1 Å². The molecule has 1 unspecified atom stereocenters. The molecule has 5 nitrogen and oxygen atoms in total. The normalized spacial score (nSPS) is 15.0. The summed E-state index contributed by atoms with van der Waals surface area (Å²) in [4.78, 5) is 17.6. The molecule has 15 heavy (non-hydrogen) atoms. The van der Waals surface area contributed by atoms with Crippen molar-refractivity contribution in [3.63, 3.8) is 0 Å². The highest BCUT2D eigenvalue weighted by Crippen LogP contribution is 2.19. The lowest BCUT2D eigenvalue weighted by atomic mass is 9.88. The minimum atomic E-state index is -0.249. The molecule has 0 fully saturated rings. The van der Waals surface area contributed by atoms with Crippen molar-refractivity contribution in [2.45, 2.75) is 26.3 Å². The molecular formula is C10H18N4O.